The van der Waals surface area contributed by atoms with E-state index in [9.17, 15) is 0 Å². The highest BCUT2D eigenvalue weighted by molar-refractivity contribution is 5.80. The predicted molar refractivity (Wildman–Crippen MR) is 88.9 cm³/mol. The molecule has 2 heterocycles. The molecule has 0 aromatic carbocycles. The van der Waals surface area contributed by atoms with Crippen LogP contribution in [0.25, 0.3) is 0 Å². The fourth-order valence-electron chi connectivity index (χ4n) is 3.63. The average Bonchev–Trinajstić information content (AvgIpc) is 3.25. The number of aliphatic imine (C=N–C) groups is 1. The van der Waals surface area contributed by atoms with Crippen molar-refractivity contribution in [1.29, 1.82) is 0 Å². The van der Waals surface area contributed by atoms with Crippen LogP contribution >= 0.6 is 0 Å². The summed E-state index contributed by atoms with van der Waals surface area (Å²) >= 11 is 0. The van der Waals surface area contributed by atoms with Gasteiger partial charge in [0.1, 0.15) is 0 Å². The molecule has 2 fully saturated rings. The van der Waals surface area contributed by atoms with Gasteiger partial charge in [0.25, 0.3) is 0 Å². The second kappa shape index (κ2) is 7.13. The van der Waals surface area contributed by atoms with E-state index in [1.165, 1.54) is 44.2 Å². The van der Waals surface area contributed by atoms with Crippen molar-refractivity contribution in [2.75, 3.05) is 20.1 Å². The number of nitrogens with zero attached hydrogens (tertiary/aromatic N) is 3. The summed E-state index contributed by atoms with van der Waals surface area (Å²) in [4.78, 5) is 7.01. The molecule has 1 aromatic rings. The standard InChI is InChI=1S/C16H28N6/c1-12-13(10-19-21-12)9-18-16(17-2)20-14-7-8-22(11-14)15-5-3-4-6-15/h10,14-15H,3-9,11H2,1-2H3,(H,19,21)(H2,17,18,20). The SMILES string of the molecule is CN=C(NCc1cn[nH]c1C)NC1CCN(C2CCCC2)C1. The van der Waals surface area contributed by atoms with E-state index in [1.54, 1.807) is 0 Å². The third kappa shape index (κ3) is 3.61. The smallest absolute Gasteiger partial charge is 0.191 e. The summed E-state index contributed by atoms with van der Waals surface area (Å²) in [6.45, 7) is 5.16. The Morgan fingerprint density at radius 2 is 2.23 bits per heavy atom. The first-order valence-corrected chi connectivity index (χ1v) is 8.46. The van der Waals surface area contributed by atoms with Crippen LogP contribution in [-0.2, 0) is 6.54 Å². The molecule has 1 aliphatic heterocycles. The van der Waals surface area contributed by atoms with Gasteiger partial charge in [0, 0.05) is 50.0 Å². The first-order chi connectivity index (χ1) is 10.8. The van der Waals surface area contributed by atoms with Gasteiger partial charge in [-0.15, -0.1) is 0 Å². The Balaban J connectivity index is 1.46. The number of H-pyrrole nitrogens is 1. The molecule has 2 aliphatic rings. The number of rotatable bonds is 4. The Hall–Kier alpha value is -1.56. The van der Waals surface area contributed by atoms with Gasteiger partial charge >= 0.3 is 0 Å². The Bertz CT molecular complexity index is 502. The van der Waals surface area contributed by atoms with Crippen molar-refractivity contribution >= 4 is 5.96 Å². The van der Waals surface area contributed by atoms with E-state index in [-0.39, 0.29) is 0 Å². The van der Waals surface area contributed by atoms with Crippen LogP contribution in [0, 0.1) is 6.92 Å². The number of hydrogen-bond donors (Lipinski definition) is 3. The van der Waals surface area contributed by atoms with Crippen LogP contribution in [0.15, 0.2) is 11.2 Å². The van der Waals surface area contributed by atoms with Crippen LogP contribution in [0.4, 0.5) is 0 Å². The van der Waals surface area contributed by atoms with Gasteiger partial charge in [-0.3, -0.25) is 15.0 Å². The molecule has 1 aliphatic carbocycles. The second-order valence-corrected chi connectivity index (χ2v) is 6.51. The molecule has 6 nitrogen and oxygen atoms in total. The molecule has 0 spiro atoms. The van der Waals surface area contributed by atoms with Crippen molar-refractivity contribution in [2.45, 2.75) is 57.7 Å². The Morgan fingerprint density at radius 3 is 2.91 bits per heavy atom. The van der Waals surface area contributed by atoms with Gasteiger partial charge in [-0.25, -0.2) is 0 Å². The fourth-order valence-corrected chi connectivity index (χ4v) is 3.63. The van der Waals surface area contributed by atoms with Crippen LogP contribution in [0.1, 0.15) is 43.4 Å². The van der Waals surface area contributed by atoms with Crippen molar-refractivity contribution in [3.05, 3.63) is 17.5 Å². The maximum Gasteiger partial charge on any atom is 0.191 e. The van der Waals surface area contributed by atoms with Gasteiger partial charge in [-0.2, -0.15) is 5.10 Å². The highest BCUT2D eigenvalue weighted by Crippen LogP contribution is 2.26. The van der Waals surface area contributed by atoms with Gasteiger partial charge in [-0.05, 0) is 26.2 Å². The molecule has 1 aromatic heterocycles. The summed E-state index contributed by atoms with van der Waals surface area (Å²) in [6.07, 6.45) is 8.67. The monoisotopic (exact) mass is 304 g/mol. The zero-order chi connectivity index (χ0) is 15.4. The maximum atomic E-state index is 4.35. The van der Waals surface area contributed by atoms with Gasteiger partial charge < -0.3 is 10.6 Å². The minimum atomic E-state index is 0.511. The molecule has 3 rings (SSSR count). The summed E-state index contributed by atoms with van der Waals surface area (Å²) in [6, 6.07) is 1.34. The summed E-state index contributed by atoms with van der Waals surface area (Å²) in [5, 5.41) is 14.0. The number of aryl methyl sites for hydroxylation is 1. The fraction of sp³-hybridized carbons (Fsp3) is 0.750. The average molecular weight is 304 g/mol. The lowest BCUT2D eigenvalue weighted by molar-refractivity contribution is 0.242. The maximum absolute atomic E-state index is 4.35. The van der Waals surface area contributed by atoms with Crippen molar-refractivity contribution in [3.8, 4) is 0 Å². The first-order valence-electron chi connectivity index (χ1n) is 8.46. The molecular weight excluding hydrogens is 276 g/mol. The predicted octanol–water partition coefficient (Wildman–Crippen LogP) is 1.40. The van der Waals surface area contributed by atoms with E-state index in [1.807, 2.05) is 20.2 Å². The number of aromatic amines is 1. The number of hydrogen-bond acceptors (Lipinski definition) is 3. The van der Waals surface area contributed by atoms with E-state index < -0.39 is 0 Å². The van der Waals surface area contributed by atoms with Gasteiger partial charge in [0.05, 0.1) is 6.20 Å². The Labute approximate surface area is 132 Å². The highest BCUT2D eigenvalue weighted by Gasteiger charge is 2.30. The number of likely N-dealkylation sites (tertiary alicyclic amines) is 1. The van der Waals surface area contributed by atoms with Crippen molar-refractivity contribution in [3.63, 3.8) is 0 Å². The minimum Gasteiger partial charge on any atom is -0.352 e. The second-order valence-electron chi connectivity index (χ2n) is 6.51. The summed E-state index contributed by atoms with van der Waals surface area (Å²) in [7, 11) is 1.83. The van der Waals surface area contributed by atoms with Gasteiger partial charge in [-0.1, -0.05) is 12.8 Å². The van der Waals surface area contributed by atoms with Gasteiger partial charge in [0.2, 0.25) is 0 Å². The van der Waals surface area contributed by atoms with Crippen LogP contribution < -0.4 is 10.6 Å². The molecule has 1 saturated heterocycles. The Kier molecular flexibility index (Phi) is 4.97. The lowest BCUT2D eigenvalue weighted by Gasteiger charge is -2.24. The molecule has 1 atom stereocenters. The summed E-state index contributed by atoms with van der Waals surface area (Å²) < 4.78 is 0. The minimum absolute atomic E-state index is 0.511. The van der Waals surface area contributed by atoms with E-state index in [0.29, 0.717) is 6.04 Å². The van der Waals surface area contributed by atoms with E-state index >= 15 is 0 Å². The third-order valence-corrected chi connectivity index (χ3v) is 5.01. The largest absolute Gasteiger partial charge is 0.352 e. The molecule has 3 N–H and O–H groups in total. The summed E-state index contributed by atoms with van der Waals surface area (Å²) in [5.74, 6) is 0.888. The van der Waals surface area contributed by atoms with E-state index in [2.05, 4.69) is 30.7 Å². The van der Waals surface area contributed by atoms with E-state index in [0.717, 1.165) is 30.8 Å². The Morgan fingerprint density at radius 1 is 1.41 bits per heavy atom. The van der Waals surface area contributed by atoms with Crippen molar-refractivity contribution in [1.82, 2.24) is 25.7 Å². The molecule has 0 radical (unpaired) electrons. The molecule has 22 heavy (non-hydrogen) atoms. The van der Waals surface area contributed by atoms with Crippen LogP contribution in [0.2, 0.25) is 0 Å². The zero-order valence-corrected chi connectivity index (χ0v) is 13.7. The molecule has 122 valence electrons. The van der Waals surface area contributed by atoms with E-state index in [4.69, 9.17) is 0 Å². The first kappa shape index (κ1) is 15.3. The lowest BCUT2D eigenvalue weighted by atomic mass is 10.2. The van der Waals surface area contributed by atoms with Crippen molar-refractivity contribution < 1.29 is 0 Å². The third-order valence-electron chi connectivity index (χ3n) is 5.01. The van der Waals surface area contributed by atoms with Crippen molar-refractivity contribution in [2.24, 2.45) is 4.99 Å². The molecule has 1 unspecified atom stereocenters. The molecule has 0 bridgehead atoms. The number of guanidine groups is 1. The molecular formula is C16H28N6. The lowest BCUT2D eigenvalue weighted by Crippen LogP contribution is -2.45. The topological polar surface area (TPSA) is 68.3 Å². The molecule has 0 amide bonds. The van der Waals surface area contributed by atoms with Crippen LogP contribution in [0.5, 0.6) is 0 Å². The number of nitrogens with one attached hydrogen (secondary N) is 3. The zero-order valence-electron chi connectivity index (χ0n) is 13.7. The van der Waals surface area contributed by atoms with Crippen LogP contribution in [0.3, 0.4) is 0 Å². The summed E-state index contributed by atoms with van der Waals surface area (Å²) in [5.41, 5.74) is 2.29. The normalized spacial score (nSPS) is 24.1. The van der Waals surface area contributed by atoms with Gasteiger partial charge in [0.15, 0.2) is 5.96 Å². The number of aromatic nitrogens is 2. The quantitative estimate of drug-likeness (QED) is 0.581. The highest BCUT2D eigenvalue weighted by atomic mass is 15.3. The molecule has 6 heteroatoms. The molecule has 1 saturated carbocycles. The van der Waals surface area contributed by atoms with Crippen LogP contribution in [-0.4, -0.2) is 53.3 Å².